The number of nitrogens with one attached hydrogen (secondary N) is 1. The number of hydrogen-bond donors (Lipinski definition) is 2. The predicted molar refractivity (Wildman–Crippen MR) is 85.4 cm³/mol. The summed E-state index contributed by atoms with van der Waals surface area (Å²) < 4.78 is 12.9. The summed E-state index contributed by atoms with van der Waals surface area (Å²) in [5, 5.41) is 12.2. The van der Waals surface area contributed by atoms with Crippen LogP contribution in [0.2, 0.25) is 0 Å². The van der Waals surface area contributed by atoms with Crippen LogP contribution in [0.5, 0.6) is 0 Å². The fourth-order valence-electron chi connectivity index (χ4n) is 2.69. The summed E-state index contributed by atoms with van der Waals surface area (Å²) in [6.45, 7) is 3.73. The van der Waals surface area contributed by atoms with Crippen molar-refractivity contribution in [3.05, 3.63) is 46.2 Å². The van der Waals surface area contributed by atoms with Gasteiger partial charge in [-0.25, -0.2) is 4.39 Å². The van der Waals surface area contributed by atoms with Crippen molar-refractivity contribution >= 4 is 34.9 Å². The van der Waals surface area contributed by atoms with Crippen LogP contribution in [-0.2, 0) is 4.79 Å². The number of carbonyl (C=O) groups is 2. The maximum Gasteiger partial charge on any atom is 0.226 e. The summed E-state index contributed by atoms with van der Waals surface area (Å²) in [7, 11) is 0. The van der Waals surface area contributed by atoms with Gasteiger partial charge in [0.25, 0.3) is 0 Å². The first kappa shape index (κ1) is 17.9. The van der Waals surface area contributed by atoms with Crippen LogP contribution >= 0.6 is 23.2 Å². The number of Topliss-reactive ketones (excluding diaryl/α,β-unsaturated/α-hetero) is 1. The molecule has 1 amide bonds. The number of allylic oxidation sites excluding steroid dienone is 1. The van der Waals surface area contributed by atoms with E-state index in [4.69, 9.17) is 23.2 Å². The van der Waals surface area contributed by atoms with Crippen molar-refractivity contribution in [2.45, 2.75) is 20.1 Å². The third-order valence-corrected chi connectivity index (χ3v) is 4.41. The van der Waals surface area contributed by atoms with Gasteiger partial charge in [-0.05, 0) is 41.7 Å². The number of aliphatic hydroxyl groups excluding tert-OH is 1. The van der Waals surface area contributed by atoms with Crippen molar-refractivity contribution in [2.75, 3.05) is 0 Å². The number of halogens is 3. The molecule has 1 aliphatic rings. The van der Waals surface area contributed by atoms with E-state index in [1.165, 1.54) is 12.1 Å². The number of amides is 1. The highest BCUT2D eigenvalue weighted by Crippen LogP contribution is 2.59. The van der Waals surface area contributed by atoms with E-state index in [-0.39, 0.29) is 21.4 Å². The Labute approximate surface area is 143 Å². The van der Waals surface area contributed by atoms with Gasteiger partial charge in [0.1, 0.15) is 10.3 Å². The molecule has 0 heterocycles. The molecule has 0 saturated heterocycles. The average molecular weight is 360 g/mol. The smallest absolute Gasteiger partial charge is 0.226 e. The van der Waals surface area contributed by atoms with Gasteiger partial charge in [0.05, 0.1) is 5.92 Å². The summed E-state index contributed by atoms with van der Waals surface area (Å²) in [4.78, 5) is 24.2. The van der Waals surface area contributed by atoms with Crippen LogP contribution in [0.25, 0.3) is 0 Å². The molecule has 3 unspecified atom stereocenters. The first-order chi connectivity index (χ1) is 10.6. The molecule has 1 fully saturated rings. The average Bonchev–Trinajstić information content (AvgIpc) is 2.99. The van der Waals surface area contributed by atoms with Gasteiger partial charge in [-0.15, -0.1) is 0 Å². The SMILES string of the molecule is CC1(C)C(C=C(Cl)Cl)C1C(=O)NC(O)C(=O)c1ccc(F)cc1. The van der Waals surface area contributed by atoms with Gasteiger partial charge >= 0.3 is 0 Å². The highest BCUT2D eigenvalue weighted by molar-refractivity contribution is 6.55. The van der Waals surface area contributed by atoms with Crippen LogP contribution in [0.1, 0.15) is 24.2 Å². The highest BCUT2D eigenvalue weighted by Gasteiger charge is 2.60. The van der Waals surface area contributed by atoms with Gasteiger partial charge in [-0.2, -0.15) is 0 Å². The number of rotatable bonds is 5. The minimum absolute atomic E-state index is 0.0707. The van der Waals surface area contributed by atoms with Gasteiger partial charge in [0.15, 0.2) is 6.23 Å². The van der Waals surface area contributed by atoms with Crippen LogP contribution < -0.4 is 5.32 Å². The molecule has 23 heavy (non-hydrogen) atoms. The Balaban J connectivity index is 2.02. The molecule has 124 valence electrons. The second-order valence-corrected chi connectivity index (χ2v) is 7.07. The third-order valence-electron chi connectivity index (χ3n) is 4.15. The molecule has 0 radical (unpaired) electrons. The lowest BCUT2D eigenvalue weighted by molar-refractivity contribution is -0.125. The van der Waals surface area contributed by atoms with Crippen LogP contribution in [0.3, 0.4) is 0 Å². The topological polar surface area (TPSA) is 66.4 Å². The van der Waals surface area contributed by atoms with Gasteiger partial charge in [0, 0.05) is 5.56 Å². The normalized spacial score (nSPS) is 22.9. The van der Waals surface area contributed by atoms with Crippen molar-refractivity contribution in [3.8, 4) is 0 Å². The summed E-state index contributed by atoms with van der Waals surface area (Å²) >= 11 is 11.2. The van der Waals surface area contributed by atoms with Crippen molar-refractivity contribution < 1.29 is 19.1 Å². The van der Waals surface area contributed by atoms with Crippen LogP contribution in [0.15, 0.2) is 34.8 Å². The fourth-order valence-corrected chi connectivity index (χ4v) is 2.96. The zero-order valence-corrected chi connectivity index (χ0v) is 14.0. The second kappa shape index (κ2) is 6.59. The Morgan fingerprint density at radius 1 is 1.30 bits per heavy atom. The largest absolute Gasteiger partial charge is 0.367 e. The molecule has 0 aliphatic heterocycles. The molecule has 0 bridgehead atoms. The molecule has 1 aromatic carbocycles. The maximum atomic E-state index is 12.8. The van der Waals surface area contributed by atoms with Crippen LogP contribution in [0, 0.1) is 23.1 Å². The summed E-state index contributed by atoms with van der Waals surface area (Å²) in [5.41, 5.74) is -0.257. The van der Waals surface area contributed by atoms with Gasteiger partial charge in [0.2, 0.25) is 11.7 Å². The number of benzene rings is 1. The number of carbonyl (C=O) groups excluding carboxylic acids is 2. The van der Waals surface area contributed by atoms with Crippen LogP contribution in [0.4, 0.5) is 4.39 Å². The number of hydrogen-bond acceptors (Lipinski definition) is 3. The Kier molecular flexibility index (Phi) is 5.14. The van der Waals surface area contributed by atoms with Crippen molar-refractivity contribution in [3.63, 3.8) is 0 Å². The Morgan fingerprint density at radius 2 is 1.87 bits per heavy atom. The molecule has 0 aromatic heterocycles. The molecule has 1 aliphatic carbocycles. The first-order valence-corrected chi connectivity index (χ1v) is 7.71. The van der Waals surface area contributed by atoms with Crippen molar-refractivity contribution in [2.24, 2.45) is 17.3 Å². The van der Waals surface area contributed by atoms with E-state index in [1.807, 2.05) is 13.8 Å². The number of aliphatic hydroxyl groups is 1. The Morgan fingerprint density at radius 3 is 2.39 bits per heavy atom. The molecule has 4 nitrogen and oxygen atoms in total. The van der Waals surface area contributed by atoms with Crippen molar-refractivity contribution in [1.82, 2.24) is 5.32 Å². The van der Waals surface area contributed by atoms with E-state index >= 15 is 0 Å². The van der Waals surface area contributed by atoms with E-state index in [0.717, 1.165) is 12.1 Å². The summed E-state index contributed by atoms with van der Waals surface area (Å²) in [5.74, 6) is -2.27. The first-order valence-electron chi connectivity index (χ1n) is 6.95. The standard InChI is InChI=1S/C16H16Cl2FNO3/c1-16(2)10(7-11(17)18)12(16)14(22)20-15(23)13(21)8-3-5-9(19)6-4-8/h3-7,10,12,15,23H,1-2H3,(H,20,22). The summed E-state index contributed by atoms with van der Waals surface area (Å²) in [6.07, 6.45) is -0.123. The quantitative estimate of drug-likeness (QED) is 0.627. The van der Waals surface area contributed by atoms with Crippen molar-refractivity contribution in [1.29, 1.82) is 0 Å². The number of ketones is 1. The van der Waals surface area contributed by atoms with E-state index in [2.05, 4.69) is 5.32 Å². The minimum Gasteiger partial charge on any atom is -0.367 e. The van der Waals surface area contributed by atoms with Gasteiger partial charge < -0.3 is 10.4 Å². The predicted octanol–water partition coefficient (Wildman–Crippen LogP) is 3.03. The molecule has 2 rings (SSSR count). The van der Waals surface area contributed by atoms with Crippen LogP contribution in [-0.4, -0.2) is 23.0 Å². The van der Waals surface area contributed by atoms with E-state index < -0.39 is 29.7 Å². The molecular formula is C16H16Cl2FNO3. The van der Waals surface area contributed by atoms with Gasteiger partial charge in [-0.3, -0.25) is 9.59 Å². The molecule has 2 N–H and O–H groups in total. The Bertz CT molecular complexity index is 654. The Hall–Kier alpha value is -1.43. The van der Waals surface area contributed by atoms with Gasteiger partial charge in [-0.1, -0.05) is 37.0 Å². The molecule has 1 saturated carbocycles. The maximum absolute atomic E-state index is 12.8. The molecule has 3 atom stereocenters. The lowest BCUT2D eigenvalue weighted by Crippen LogP contribution is -2.42. The molecule has 1 aromatic rings. The minimum atomic E-state index is -1.69. The van der Waals surface area contributed by atoms with E-state index in [9.17, 15) is 19.1 Å². The lowest BCUT2D eigenvalue weighted by atomic mass is 10.1. The lowest BCUT2D eigenvalue weighted by Gasteiger charge is -2.12. The second-order valence-electron chi connectivity index (χ2n) is 6.06. The van der Waals surface area contributed by atoms with E-state index in [0.29, 0.717) is 0 Å². The highest BCUT2D eigenvalue weighted by atomic mass is 35.5. The fraction of sp³-hybridized carbons (Fsp3) is 0.375. The summed E-state index contributed by atoms with van der Waals surface area (Å²) in [6, 6.07) is 4.70. The molecule has 0 spiro atoms. The zero-order valence-electron chi connectivity index (χ0n) is 12.5. The monoisotopic (exact) mass is 359 g/mol. The third kappa shape index (κ3) is 3.91. The zero-order chi connectivity index (χ0) is 17.4. The van der Waals surface area contributed by atoms with E-state index in [1.54, 1.807) is 6.08 Å². The molecular weight excluding hydrogens is 344 g/mol. The molecule has 7 heteroatoms.